The van der Waals surface area contributed by atoms with Gasteiger partial charge in [-0.05, 0) is 31.5 Å². The average molecular weight is 486 g/mol. The molecule has 8 nitrogen and oxygen atoms in total. The topological polar surface area (TPSA) is 100 Å². The highest BCUT2D eigenvalue weighted by atomic mass is 16.3. The van der Waals surface area contributed by atoms with E-state index < -0.39 is 5.92 Å². The van der Waals surface area contributed by atoms with Gasteiger partial charge in [0.1, 0.15) is 6.33 Å². The summed E-state index contributed by atoms with van der Waals surface area (Å²) in [6.07, 6.45) is 8.68. The third kappa shape index (κ3) is 4.27. The van der Waals surface area contributed by atoms with Crippen LogP contribution in [0.25, 0.3) is 6.08 Å². The summed E-state index contributed by atoms with van der Waals surface area (Å²) in [6.45, 7) is 4.63. The molecule has 2 aliphatic heterocycles. The van der Waals surface area contributed by atoms with Crippen molar-refractivity contribution >= 4 is 12.0 Å². The van der Waals surface area contributed by atoms with Gasteiger partial charge in [-0.3, -0.25) is 14.5 Å². The first-order valence-electron chi connectivity index (χ1n) is 12.4. The van der Waals surface area contributed by atoms with Crippen molar-refractivity contribution in [3.8, 4) is 0 Å². The number of aromatic nitrogens is 3. The lowest BCUT2D eigenvalue weighted by atomic mass is 9.86. The largest absolute Gasteiger partial charge is 0.396 e. The van der Waals surface area contributed by atoms with E-state index in [-0.39, 0.29) is 42.1 Å². The first-order valence-corrected chi connectivity index (χ1v) is 12.4. The first-order chi connectivity index (χ1) is 17.5. The van der Waals surface area contributed by atoms with E-state index >= 15 is 0 Å². The lowest BCUT2D eigenvalue weighted by Gasteiger charge is -2.38. The van der Waals surface area contributed by atoms with Gasteiger partial charge in [-0.25, -0.2) is 9.97 Å². The van der Waals surface area contributed by atoms with Crippen LogP contribution in [0.15, 0.2) is 72.1 Å². The molecule has 4 heterocycles. The molecule has 1 aromatic carbocycles. The number of aliphatic hydroxyl groups excluding tert-OH is 1. The van der Waals surface area contributed by atoms with Gasteiger partial charge >= 0.3 is 0 Å². The number of hydrogen-bond donors (Lipinski definition) is 2. The zero-order valence-corrected chi connectivity index (χ0v) is 20.5. The number of amides is 1. The van der Waals surface area contributed by atoms with Gasteiger partial charge in [0, 0.05) is 60.9 Å². The van der Waals surface area contributed by atoms with Gasteiger partial charge in [-0.15, -0.1) is 0 Å². The van der Waals surface area contributed by atoms with Crippen LogP contribution in [-0.2, 0) is 17.9 Å². The molecule has 36 heavy (non-hydrogen) atoms. The summed E-state index contributed by atoms with van der Waals surface area (Å²) in [5, 5.41) is 13.7. The average Bonchev–Trinajstić information content (AvgIpc) is 3.10. The summed E-state index contributed by atoms with van der Waals surface area (Å²) in [5.41, 5.74) is 3.27. The van der Waals surface area contributed by atoms with Crippen LogP contribution in [0.2, 0.25) is 0 Å². The first kappa shape index (κ1) is 24.1. The second kappa shape index (κ2) is 10.2. The molecule has 186 valence electrons. The van der Waals surface area contributed by atoms with Gasteiger partial charge in [-0.1, -0.05) is 42.5 Å². The summed E-state index contributed by atoms with van der Waals surface area (Å²) in [4.78, 5) is 37.7. The van der Waals surface area contributed by atoms with Gasteiger partial charge in [0.2, 0.25) is 5.91 Å². The second-order valence-electron chi connectivity index (χ2n) is 9.57. The molecule has 2 bridgehead atoms. The third-order valence-corrected chi connectivity index (χ3v) is 7.49. The quantitative estimate of drug-likeness (QED) is 0.534. The van der Waals surface area contributed by atoms with Crippen LogP contribution < -0.4 is 10.9 Å². The molecule has 0 saturated carbocycles. The van der Waals surface area contributed by atoms with Crippen molar-refractivity contribution in [1.29, 1.82) is 0 Å². The summed E-state index contributed by atoms with van der Waals surface area (Å²) in [7, 11) is 0. The molecule has 2 N–H and O–H groups in total. The minimum absolute atomic E-state index is 0.0707. The van der Waals surface area contributed by atoms with Crippen molar-refractivity contribution in [2.45, 2.75) is 45.1 Å². The SMILES string of the molecule is C/C=C\c1ccc2n(c1=O)C[C@H]1[C@H](CO)[C@@H](C(=O)N[C@@H](C)c3ccccc3)[C@@H]2N1Cc1cncnc1. The predicted octanol–water partition coefficient (Wildman–Crippen LogP) is 2.71. The number of nitrogens with zero attached hydrogens (tertiary/aromatic N) is 4. The fourth-order valence-electron chi connectivity index (χ4n) is 5.82. The number of allylic oxidation sites excluding steroid dienone is 1. The Kier molecular flexibility index (Phi) is 6.80. The van der Waals surface area contributed by atoms with Gasteiger partial charge in [0.25, 0.3) is 5.56 Å². The van der Waals surface area contributed by atoms with E-state index in [9.17, 15) is 14.7 Å². The number of aliphatic hydroxyl groups is 1. The summed E-state index contributed by atoms with van der Waals surface area (Å²) in [6, 6.07) is 12.9. The molecule has 3 aromatic rings. The predicted molar refractivity (Wildman–Crippen MR) is 137 cm³/mol. The monoisotopic (exact) mass is 485 g/mol. The van der Waals surface area contributed by atoms with Crippen molar-refractivity contribution in [3.05, 3.63) is 100.0 Å². The number of nitrogens with one attached hydrogen (secondary N) is 1. The molecule has 0 aliphatic carbocycles. The van der Waals surface area contributed by atoms with Crippen LogP contribution in [0.4, 0.5) is 0 Å². The number of carbonyl (C=O) groups excluding carboxylic acids is 1. The van der Waals surface area contributed by atoms with E-state index in [1.54, 1.807) is 23.0 Å². The number of fused-ring (bicyclic) bond motifs is 4. The molecule has 0 spiro atoms. The Morgan fingerprint density at radius 3 is 2.64 bits per heavy atom. The molecule has 1 fully saturated rings. The van der Waals surface area contributed by atoms with Crippen molar-refractivity contribution in [2.75, 3.05) is 6.61 Å². The molecule has 2 aliphatic rings. The Morgan fingerprint density at radius 1 is 1.19 bits per heavy atom. The molecule has 1 saturated heterocycles. The number of benzene rings is 1. The fraction of sp³-hybridized carbons (Fsp3) is 0.357. The number of rotatable bonds is 7. The minimum atomic E-state index is -0.517. The smallest absolute Gasteiger partial charge is 0.258 e. The fourth-order valence-corrected chi connectivity index (χ4v) is 5.82. The summed E-state index contributed by atoms with van der Waals surface area (Å²) in [5.74, 6) is -0.964. The highest BCUT2D eigenvalue weighted by Crippen LogP contribution is 2.49. The molecule has 1 amide bonds. The summed E-state index contributed by atoms with van der Waals surface area (Å²) < 4.78 is 1.79. The molecule has 0 radical (unpaired) electrons. The van der Waals surface area contributed by atoms with Crippen molar-refractivity contribution < 1.29 is 9.90 Å². The maximum atomic E-state index is 13.8. The Morgan fingerprint density at radius 2 is 1.94 bits per heavy atom. The minimum Gasteiger partial charge on any atom is -0.396 e. The lowest BCUT2D eigenvalue weighted by Crippen LogP contribution is -2.46. The standard InChI is InChI=1S/C28H31N5O3/c1-3-7-21-10-11-23-26-25(27(35)31-18(2)20-8-5-4-6-9-20)22(16-34)24(15-33(23)28(21)36)32(26)14-19-12-29-17-30-13-19/h3-13,17-18,22,24-26,34H,14-16H2,1-2H3,(H,31,35)/b7-3-/t18-,22-,24-,25+,26+/m0/s1. The van der Waals surface area contributed by atoms with Gasteiger partial charge in [-0.2, -0.15) is 0 Å². The van der Waals surface area contributed by atoms with Crippen LogP contribution in [0.3, 0.4) is 0 Å². The zero-order valence-electron chi connectivity index (χ0n) is 20.5. The number of carbonyl (C=O) groups is 1. The molecule has 5 rings (SSSR count). The van der Waals surface area contributed by atoms with Crippen LogP contribution in [0.1, 0.15) is 48.3 Å². The third-order valence-electron chi connectivity index (χ3n) is 7.49. The van der Waals surface area contributed by atoms with E-state index in [0.29, 0.717) is 18.7 Å². The van der Waals surface area contributed by atoms with Crippen LogP contribution in [0, 0.1) is 11.8 Å². The van der Waals surface area contributed by atoms with E-state index in [1.807, 2.05) is 62.4 Å². The van der Waals surface area contributed by atoms with Crippen molar-refractivity contribution in [1.82, 2.24) is 24.8 Å². The molecule has 5 atom stereocenters. The Hall–Kier alpha value is -3.62. The van der Waals surface area contributed by atoms with Crippen LogP contribution >= 0.6 is 0 Å². The maximum absolute atomic E-state index is 13.8. The van der Waals surface area contributed by atoms with Gasteiger partial charge < -0.3 is 15.0 Å². The molecule has 2 aromatic heterocycles. The van der Waals surface area contributed by atoms with Crippen LogP contribution in [-0.4, -0.2) is 43.1 Å². The highest BCUT2D eigenvalue weighted by Gasteiger charge is 2.55. The molecular weight excluding hydrogens is 454 g/mol. The van der Waals surface area contributed by atoms with Crippen molar-refractivity contribution in [3.63, 3.8) is 0 Å². The van der Waals surface area contributed by atoms with E-state index in [1.165, 1.54) is 6.33 Å². The van der Waals surface area contributed by atoms with Gasteiger partial charge in [0.15, 0.2) is 0 Å². The van der Waals surface area contributed by atoms with Gasteiger partial charge in [0.05, 0.1) is 18.0 Å². The van der Waals surface area contributed by atoms with Crippen molar-refractivity contribution in [2.24, 2.45) is 11.8 Å². The lowest BCUT2D eigenvalue weighted by molar-refractivity contribution is -0.128. The van der Waals surface area contributed by atoms with E-state index in [2.05, 4.69) is 20.2 Å². The Labute approximate surface area is 210 Å². The Balaban J connectivity index is 1.55. The van der Waals surface area contributed by atoms with Crippen LogP contribution in [0.5, 0.6) is 0 Å². The molecular formula is C28H31N5O3. The number of pyridine rings is 1. The molecule has 0 unspecified atom stereocenters. The Bertz CT molecular complexity index is 1310. The maximum Gasteiger partial charge on any atom is 0.258 e. The number of hydrogen-bond acceptors (Lipinski definition) is 6. The van der Waals surface area contributed by atoms with E-state index in [0.717, 1.165) is 16.8 Å². The highest BCUT2D eigenvalue weighted by molar-refractivity contribution is 5.81. The normalized spacial score (nSPS) is 24.0. The molecule has 8 heteroatoms. The second-order valence-corrected chi connectivity index (χ2v) is 9.57. The van der Waals surface area contributed by atoms with E-state index in [4.69, 9.17) is 0 Å². The zero-order chi connectivity index (χ0) is 25.2. The summed E-state index contributed by atoms with van der Waals surface area (Å²) >= 11 is 0.